The molecule has 2 rings (SSSR count). The second-order valence-electron chi connectivity index (χ2n) is 4.80. The van der Waals surface area contributed by atoms with E-state index in [1.54, 1.807) is 12.2 Å². The van der Waals surface area contributed by atoms with E-state index in [2.05, 4.69) is 4.98 Å². The smallest absolute Gasteiger partial charge is 0.351 e. The molecule has 1 fully saturated rings. The van der Waals surface area contributed by atoms with Crippen molar-refractivity contribution in [2.24, 2.45) is 0 Å². The van der Waals surface area contributed by atoms with Crippen LogP contribution in [0.25, 0.3) is 6.08 Å². The number of nitrogens with zero attached hydrogens (tertiary/aromatic N) is 2. The average Bonchev–Trinajstić information content (AvgIpc) is 2.82. The molecule has 5 N–H and O–H groups in total. The number of aromatic nitrogens is 2. The van der Waals surface area contributed by atoms with Crippen LogP contribution in [0.4, 0.5) is 5.82 Å². The van der Waals surface area contributed by atoms with E-state index < -0.39 is 24.1 Å². The minimum atomic E-state index is -0.835. The molecule has 0 aromatic carbocycles. The minimum Gasteiger partial charge on any atom is -0.396 e. The number of anilines is 1. The van der Waals surface area contributed by atoms with Crippen LogP contribution < -0.4 is 11.4 Å². The van der Waals surface area contributed by atoms with Crippen LogP contribution in [0.5, 0.6) is 0 Å². The highest BCUT2D eigenvalue weighted by Gasteiger charge is 2.35. The maximum absolute atomic E-state index is 11.9. The van der Waals surface area contributed by atoms with Crippen molar-refractivity contribution >= 4 is 11.9 Å². The van der Waals surface area contributed by atoms with E-state index in [0.29, 0.717) is 12.0 Å². The van der Waals surface area contributed by atoms with Crippen molar-refractivity contribution in [3.63, 3.8) is 0 Å². The Labute approximate surface area is 121 Å². The quantitative estimate of drug-likeness (QED) is 0.540. The van der Waals surface area contributed by atoms with E-state index in [1.165, 1.54) is 10.8 Å². The van der Waals surface area contributed by atoms with Crippen LogP contribution >= 0.6 is 0 Å². The molecule has 1 aliphatic heterocycles. The number of nitrogens with two attached hydrogens (primary N) is 1. The second-order valence-corrected chi connectivity index (χ2v) is 4.80. The predicted octanol–water partition coefficient (Wildman–Crippen LogP) is -1.14. The highest BCUT2D eigenvalue weighted by Crippen LogP contribution is 2.27. The Morgan fingerprint density at radius 3 is 2.90 bits per heavy atom. The van der Waals surface area contributed by atoms with Gasteiger partial charge in [-0.05, 0) is 6.42 Å². The third-order valence-electron chi connectivity index (χ3n) is 3.30. The maximum atomic E-state index is 11.9. The minimum absolute atomic E-state index is 0.0135. The first-order chi connectivity index (χ1) is 10.1. The number of ether oxygens (including phenoxy) is 1. The highest BCUT2D eigenvalue weighted by molar-refractivity contribution is 5.59. The summed E-state index contributed by atoms with van der Waals surface area (Å²) >= 11 is 0. The van der Waals surface area contributed by atoms with E-state index >= 15 is 0 Å². The summed E-state index contributed by atoms with van der Waals surface area (Å²) in [4.78, 5) is 15.6. The number of hydrogen-bond donors (Lipinski definition) is 4. The lowest BCUT2D eigenvalue weighted by Crippen LogP contribution is -2.28. The molecule has 0 unspecified atom stereocenters. The third kappa shape index (κ3) is 3.48. The Balaban J connectivity index is 2.28. The van der Waals surface area contributed by atoms with Crippen molar-refractivity contribution in [3.05, 3.63) is 28.3 Å². The normalized spacial score (nSPS) is 25.8. The van der Waals surface area contributed by atoms with Crippen molar-refractivity contribution in [3.8, 4) is 0 Å². The van der Waals surface area contributed by atoms with Gasteiger partial charge in [0.25, 0.3) is 0 Å². The second kappa shape index (κ2) is 6.81. The Morgan fingerprint density at radius 1 is 1.52 bits per heavy atom. The van der Waals surface area contributed by atoms with Crippen LogP contribution in [0.15, 0.2) is 17.1 Å². The molecule has 2 heterocycles. The van der Waals surface area contributed by atoms with Gasteiger partial charge in [0.2, 0.25) is 0 Å². The molecule has 0 spiro atoms. The zero-order valence-electron chi connectivity index (χ0n) is 11.4. The van der Waals surface area contributed by atoms with Gasteiger partial charge in [-0.15, -0.1) is 0 Å². The molecule has 8 heteroatoms. The molecule has 1 aliphatic rings. The lowest BCUT2D eigenvalue weighted by molar-refractivity contribution is -0.0458. The van der Waals surface area contributed by atoms with Crippen LogP contribution in [0.3, 0.4) is 0 Å². The zero-order chi connectivity index (χ0) is 15.4. The summed E-state index contributed by atoms with van der Waals surface area (Å²) in [5.41, 5.74) is 5.62. The monoisotopic (exact) mass is 297 g/mol. The van der Waals surface area contributed by atoms with Crippen LogP contribution in [0.1, 0.15) is 24.6 Å². The van der Waals surface area contributed by atoms with Gasteiger partial charge < -0.3 is 25.8 Å². The molecule has 8 nitrogen and oxygen atoms in total. The van der Waals surface area contributed by atoms with Gasteiger partial charge in [-0.1, -0.05) is 12.2 Å². The molecule has 0 saturated carbocycles. The van der Waals surface area contributed by atoms with Gasteiger partial charge in [0.05, 0.1) is 12.7 Å². The fourth-order valence-electron chi connectivity index (χ4n) is 2.17. The molecule has 3 atom stereocenters. The number of hydrogen-bond acceptors (Lipinski definition) is 7. The maximum Gasteiger partial charge on any atom is 0.351 e. The SMILES string of the molecule is Nc1nc(=O)n([C@H]2C[C@H](O)[C@@H](CO)O2)cc1/C=C/CCO. The Hall–Kier alpha value is -1.74. The Morgan fingerprint density at radius 2 is 2.29 bits per heavy atom. The first-order valence-electron chi connectivity index (χ1n) is 6.67. The first-order valence-corrected chi connectivity index (χ1v) is 6.67. The van der Waals surface area contributed by atoms with Gasteiger partial charge in [0.1, 0.15) is 18.1 Å². The van der Waals surface area contributed by atoms with Crippen LogP contribution in [-0.4, -0.2) is 50.3 Å². The number of aliphatic hydroxyl groups excluding tert-OH is 3. The van der Waals surface area contributed by atoms with Gasteiger partial charge in [0, 0.05) is 24.8 Å². The van der Waals surface area contributed by atoms with E-state index in [0.717, 1.165) is 0 Å². The van der Waals surface area contributed by atoms with Crippen molar-refractivity contribution in [1.82, 2.24) is 9.55 Å². The summed E-state index contributed by atoms with van der Waals surface area (Å²) in [7, 11) is 0. The van der Waals surface area contributed by atoms with Gasteiger partial charge >= 0.3 is 5.69 Å². The van der Waals surface area contributed by atoms with Crippen LogP contribution in [0.2, 0.25) is 0 Å². The summed E-state index contributed by atoms with van der Waals surface area (Å²) in [6, 6.07) is 0. The molecule has 1 saturated heterocycles. The Bertz CT molecular complexity index is 571. The fourth-order valence-corrected chi connectivity index (χ4v) is 2.17. The van der Waals surface area contributed by atoms with Gasteiger partial charge in [0.15, 0.2) is 0 Å². The molecule has 1 aromatic rings. The molecule has 1 aromatic heterocycles. The molecule has 21 heavy (non-hydrogen) atoms. The number of nitrogen functional groups attached to an aromatic ring is 1. The van der Waals surface area contributed by atoms with Crippen molar-refractivity contribution in [2.75, 3.05) is 18.9 Å². The van der Waals surface area contributed by atoms with Gasteiger partial charge in [-0.25, -0.2) is 4.79 Å². The van der Waals surface area contributed by atoms with Crippen molar-refractivity contribution < 1.29 is 20.1 Å². The standard InChI is InChI=1S/C13H19N3O5/c14-12-8(3-1-2-4-17)6-16(13(20)15-12)11-5-9(19)10(7-18)21-11/h1,3,6,9-11,17-19H,2,4-5,7H2,(H2,14,15,20)/b3-1+/t9-,10+,11+/m0/s1. The molecule has 0 radical (unpaired) electrons. The largest absolute Gasteiger partial charge is 0.396 e. The lowest BCUT2D eigenvalue weighted by atomic mass is 10.2. The van der Waals surface area contributed by atoms with Gasteiger partial charge in [-0.2, -0.15) is 4.98 Å². The summed E-state index contributed by atoms with van der Waals surface area (Å²) in [5, 5.41) is 27.5. The molecule has 116 valence electrons. The van der Waals surface area contributed by atoms with E-state index in [1.807, 2.05) is 0 Å². The molecule has 0 aliphatic carbocycles. The average molecular weight is 297 g/mol. The van der Waals surface area contributed by atoms with Crippen LogP contribution in [-0.2, 0) is 4.74 Å². The summed E-state index contributed by atoms with van der Waals surface area (Å²) < 4.78 is 6.67. The molecule has 0 bridgehead atoms. The topological polar surface area (TPSA) is 131 Å². The Kier molecular flexibility index (Phi) is 5.07. The first kappa shape index (κ1) is 15.6. The van der Waals surface area contributed by atoms with Crippen molar-refractivity contribution in [1.29, 1.82) is 0 Å². The van der Waals surface area contributed by atoms with Crippen molar-refractivity contribution in [2.45, 2.75) is 31.3 Å². The lowest BCUT2D eigenvalue weighted by Gasteiger charge is -2.15. The number of rotatable bonds is 5. The predicted molar refractivity (Wildman–Crippen MR) is 75.3 cm³/mol. The summed E-state index contributed by atoms with van der Waals surface area (Å²) in [6.45, 7) is -0.308. The van der Waals surface area contributed by atoms with Gasteiger partial charge in [-0.3, -0.25) is 4.57 Å². The van der Waals surface area contributed by atoms with Crippen LogP contribution in [0, 0.1) is 0 Å². The molecular formula is C13H19N3O5. The number of aliphatic hydroxyl groups is 3. The molecule has 0 amide bonds. The fraction of sp³-hybridized carbons (Fsp3) is 0.538. The third-order valence-corrected chi connectivity index (χ3v) is 3.30. The van der Waals surface area contributed by atoms with E-state index in [9.17, 15) is 9.90 Å². The zero-order valence-corrected chi connectivity index (χ0v) is 11.4. The highest BCUT2D eigenvalue weighted by atomic mass is 16.5. The van der Waals surface area contributed by atoms with E-state index in [4.69, 9.17) is 20.7 Å². The van der Waals surface area contributed by atoms with E-state index in [-0.39, 0.29) is 25.5 Å². The summed E-state index contributed by atoms with van der Waals surface area (Å²) in [6.07, 6.45) is 3.27. The summed E-state index contributed by atoms with van der Waals surface area (Å²) in [5.74, 6) is 0.0858. The molecular weight excluding hydrogens is 278 g/mol.